The summed E-state index contributed by atoms with van der Waals surface area (Å²) in [6.07, 6.45) is -1.81. The lowest BCUT2D eigenvalue weighted by atomic mass is 9.89. The van der Waals surface area contributed by atoms with Gasteiger partial charge in [-0.15, -0.1) is 11.3 Å². The van der Waals surface area contributed by atoms with E-state index in [0.29, 0.717) is 28.5 Å². The first-order valence-electron chi connectivity index (χ1n) is 10.7. The summed E-state index contributed by atoms with van der Waals surface area (Å²) >= 11 is 1.54. The molecule has 1 aliphatic carbocycles. The molecule has 2 heterocycles. The van der Waals surface area contributed by atoms with E-state index in [9.17, 15) is 22.8 Å². The number of halogens is 3. The molecule has 2 aromatic heterocycles. The number of thiophene rings is 1. The fraction of sp³-hybridized carbons (Fsp3) is 0.435. The predicted octanol–water partition coefficient (Wildman–Crippen LogP) is 4.30. The number of rotatable bonds is 5. The van der Waals surface area contributed by atoms with E-state index < -0.39 is 17.6 Å². The number of alkyl halides is 3. The highest BCUT2D eigenvalue weighted by Crippen LogP contribution is 2.36. The molecule has 1 atom stereocenters. The first-order chi connectivity index (χ1) is 15.5. The number of nitrogens with zero attached hydrogens (tertiary/aromatic N) is 3. The Kier molecular flexibility index (Phi) is 6.32. The van der Waals surface area contributed by atoms with Crippen LogP contribution >= 0.6 is 11.3 Å². The first kappa shape index (κ1) is 23.4. The SMILES string of the molecule is CC1CCc2c(sc3nc(CN(C)C)n(CC(=O)Nc4cccc(C(F)(F)F)c4)c(=O)c23)C1. The molecule has 0 saturated heterocycles. The molecular weight excluding hydrogens is 453 g/mol. The minimum Gasteiger partial charge on any atom is -0.325 e. The maximum absolute atomic E-state index is 13.5. The average Bonchev–Trinajstić information content (AvgIpc) is 3.07. The van der Waals surface area contributed by atoms with Gasteiger partial charge in [-0.3, -0.25) is 14.2 Å². The topological polar surface area (TPSA) is 67.2 Å². The van der Waals surface area contributed by atoms with Crippen molar-refractivity contribution in [2.24, 2.45) is 5.92 Å². The minimum atomic E-state index is -4.51. The zero-order valence-corrected chi connectivity index (χ0v) is 19.4. The number of aryl methyl sites for hydroxylation is 1. The molecule has 0 saturated carbocycles. The highest BCUT2D eigenvalue weighted by atomic mass is 32.1. The summed E-state index contributed by atoms with van der Waals surface area (Å²) in [7, 11) is 3.68. The number of carbonyl (C=O) groups excluding carboxylic acids is 1. The zero-order chi connectivity index (χ0) is 23.9. The molecule has 1 unspecified atom stereocenters. The summed E-state index contributed by atoms with van der Waals surface area (Å²) in [5, 5.41) is 3.05. The van der Waals surface area contributed by atoms with Crippen LogP contribution < -0.4 is 10.9 Å². The Hall–Kier alpha value is -2.72. The van der Waals surface area contributed by atoms with Crippen molar-refractivity contribution in [1.29, 1.82) is 0 Å². The lowest BCUT2D eigenvalue weighted by Gasteiger charge is -2.18. The fourth-order valence-electron chi connectivity index (χ4n) is 4.15. The second-order valence-corrected chi connectivity index (χ2v) is 9.90. The van der Waals surface area contributed by atoms with E-state index in [1.807, 2.05) is 19.0 Å². The number of aromatic nitrogens is 2. The maximum atomic E-state index is 13.5. The quantitative estimate of drug-likeness (QED) is 0.594. The van der Waals surface area contributed by atoms with Crippen molar-refractivity contribution in [2.75, 3.05) is 19.4 Å². The van der Waals surface area contributed by atoms with E-state index in [1.54, 1.807) is 11.3 Å². The summed E-state index contributed by atoms with van der Waals surface area (Å²) in [6.45, 7) is 2.21. The molecule has 10 heteroatoms. The summed E-state index contributed by atoms with van der Waals surface area (Å²) in [5.41, 5.74) is -0.0851. The van der Waals surface area contributed by atoms with Crippen molar-refractivity contribution in [1.82, 2.24) is 14.5 Å². The van der Waals surface area contributed by atoms with Gasteiger partial charge in [0.25, 0.3) is 5.56 Å². The number of nitrogens with one attached hydrogen (secondary N) is 1. The van der Waals surface area contributed by atoms with Crippen LogP contribution in [0.4, 0.5) is 18.9 Å². The third-order valence-electron chi connectivity index (χ3n) is 5.73. The number of amides is 1. The van der Waals surface area contributed by atoms with Gasteiger partial charge < -0.3 is 10.2 Å². The van der Waals surface area contributed by atoms with E-state index in [2.05, 4.69) is 12.2 Å². The number of hydrogen-bond donors (Lipinski definition) is 1. The second-order valence-electron chi connectivity index (χ2n) is 8.82. The van der Waals surface area contributed by atoms with E-state index >= 15 is 0 Å². The number of carbonyl (C=O) groups is 1. The normalized spacial score (nSPS) is 16.3. The van der Waals surface area contributed by atoms with Crippen molar-refractivity contribution in [3.05, 3.63) is 56.4 Å². The van der Waals surface area contributed by atoms with Crippen LogP contribution in [0.1, 0.15) is 35.2 Å². The summed E-state index contributed by atoms with van der Waals surface area (Å²) in [5.74, 6) is 0.408. The Bertz CT molecular complexity index is 1260. The fourth-order valence-corrected chi connectivity index (χ4v) is 5.54. The van der Waals surface area contributed by atoms with Crippen molar-refractivity contribution in [2.45, 2.75) is 45.5 Å². The highest BCUT2D eigenvalue weighted by molar-refractivity contribution is 7.18. The smallest absolute Gasteiger partial charge is 0.325 e. The predicted molar refractivity (Wildman–Crippen MR) is 123 cm³/mol. The number of anilines is 1. The van der Waals surface area contributed by atoms with Crippen LogP contribution in [0.5, 0.6) is 0 Å². The Morgan fingerprint density at radius 2 is 2.09 bits per heavy atom. The molecule has 0 aliphatic heterocycles. The van der Waals surface area contributed by atoms with Gasteiger partial charge in [-0.05, 0) is 63.0 Å². The molecule has 0 bridgehead atoms. The van der Waals surface area contributed by atoms with Gasteiger partial charge in [-0.1, -0.05) is 13.0 Å². The van der Waals surface area contributed by atoms with Gasteiger partial charge in [0.05, 0.1) is 17.5 Å². The summed E-state index contributed by atoms with van der Waals surface area (Å²) in [6, 6.07) is 4.43. The van der Waals surface area contributed by atoms with Crippen LogP contribution in [0.3, 0.4) is 0 Å². The van der Waals surface area contributed by atoms with Gasteiger partial charge in [0.15, 0.2) is 0 Å². The molecule has 176 valence electrons. The standard InChI is InChI=1S/C23H25F3N4O2S/c1-13-7-8-16-17(9-13)33-21-20(16)22(32)30(18(28-21)11-29(2)3)12-19(31)27-15-6-4-5-14(10-15)23(24,25)26/h4-6,10,13H,7-9,11-12H2,1-3H3,(H,27,31). The van der Waals surface area contributed by atoms with Gasteiger partial charge in [-0.25, -0.2) is 4.98 Å². The van der Waals surface area contributed by atoms with Crippen molar-refractivity contribution in [3.63, 3.8) is 0 Å². The van der Waals surface area contributed by atoms with E-state index in [0.717, 1.165) is 37.0 Å². The van der Waals surface area contributed by atoms with Crippen LogP contribution in [0.25, 0.3) is 10.2 Å². The van der Waals surface area contributed by atoms with Crippen LogP contribution in [0.2, 0.25) is 0 Å². The first-order valence-corrected chi connectivity index (χ1v) is 11.5. The monoisotopic (exact) mass is 478 g/mol. The minimum absolute atomic E-state index is 0.0213. The maximum Gasteiger partial charge on any atom is 0.416 e. The largest absolute Gasteiger partial charge is 0.416 e. The van der Waals surface area contributed by atoms with Crippen LogP contribution in [0, 0.1) is 5.92 Å². The summed E-state index contributed by atoms with van der Waals surface area (Å²) in [4.78, 5) is 34.7. The van der Waals surface area contributed by atoms with Gasteiger partial charge >= 0.3 is 6.18 Å². The molecule has 33 heavy (non-hydrogen) atoms. The molecule has 6 nitrogen and oxygen atoms in total. The van der Waals surface area contributed by atoms with Crippen molar-refractivity contribution in [3.8, 4) is 0 Å². The van der Waals surface area contributed by atoms with Crippen LogP contribution in [0.15, 0.2) is 29.1 Å². The van der Waals surface area contributed by atoms with E-state index in [1.165, 1.54) is 21.6 Å². The number of fused-ring (bicyclic) bond motifs is 3. The lowest BCUT2D eigenvalue weighted by molar-refractivity contribution is -0.137. The number of benzene rings is 1. The molecule has 1 N–H and O–H groups in total. The Morgan fingerprint density at radius 3 is 2.79 bits per heavy atom. The Labute approximate surface area is 193 Å². The van der Waals surface area contributed by atoms with E-state index in [-0.39, 0.29) is 17.8 Å². The molecule has 0 fully saturated rings. The van der Waals surface area contributed by atoms with Crippen molar-refractivity contribution >= 4 is 33.1 Å². The third kappa shape index (κ3) is 4.96. The van der Waals surface area contributed by atoms with Gasteiger partial charge in [-0.2, -0.15) is 13.2 Å². The van der Waals surface area contributed by atoms with Crippen LogP contribution in [-0.2, 0) is 36.9 Å². The van der Waals surface area contributed by atoms with Gasteiger partial charge in [0.1, 0.15) is 17.2 Å². The summed E-state index contributed by atoms with van der Waals surface area (Å²) < 4.78 is 40.3. The van der Waals surface area contributed by atoms with E-state index in [4.69, 9.17) is 4.98 Å². The second kappa shape index (κ2) is 8.90. The average molecular weight is 479 g/mol. The molecule has 0 radical (unpaired) electrons. The Morgan fingerprint density at radius 1 is 1.33 bits per heavy atom. The molecule has 3 aromatic rings. The molecule has 1 aliphatic rings. The molecule has 1 amide bonds. The van der Waals surface area contributed by atoms with Gasteiger partial charge in [0.2, 0.25) is 5.91 Å². The van der Waals surface area contributed by atoms with Crippen LogP contribution in [-0.4, -0.2) is 34.5 Å². The van der Waals surface area contributed by atoms with Crippen molar-refractivity contribution < 1.29 is 18.0 Å². The van der Waals surface area contributed by atoms with Gasteiger partial charge in [0, 0.05) is 10.6 Å². The molecular formula is C23H25F3N4O2S. The molecule has 1 aromatic carbocycles. The Balaban J connectivity index is 1.69. The third-order valence-corrected chi connectivity index (χ3v) is 6.88. The molecule has 0 spiro atoms. The number of hydrogen-bond acceptors (Lipinski definition) is 5. The lowest BCUT2D eigenvalue weighted by Crippen LogP contribution is -2.33. The molecule has 4 rings (SSSR count). The zero-order valence-electron chi connectivity index (χ0n) is 18.6. The highest BCUT2D eigenvalue weighted by Gasteiger charge is 2.30.